The van der Waals surface area contributed by atoms with Gasteiger partial charge in [0.2, 0.25) is 15.9 Å². The molecule has 31 heavy (non-hydrogen) atoms. The maximum atomic E-state index is 13.2. The lowest BCUT2D eigenvalue weighted by Crippen LogP contribution is -2.47. The smallest absolute Gasteiger partial charge is 0.253 e. The number of nitrogens with zero attached hydrogens (tertiary/aromatic N) is 1. The van der Waals surface area contributed by atoms with Crippen molar-refractivity contribution in [1.82, 2.24) is 5.32 Å². The van der Waals surface area contributed by atoms with E-state index >= 15 is 0 Å². The molecular formula is C23H31N3O4S. The van der Waals surface area contributed by atoms with Crippen LogP contribution >= 0.6 is 0 Å². The number of amides is 2. The molecule has 2 N–H and O–H groups in total. The van der Waals surface area contributed by atoms with Crippen molar-refractivity contribution < 1.29 is 18.0 Å². The highest BCUT2D eigenvalue weighted by Gasteiger charge is 2.32. The van der Waals surface area contributed by atoms with Crippen LogP contribution in [0.5, 0.6) is 0 Å². The highest BCUT2D eigenvalue weighted by atomic mass is 32.2. The molecule has 0 fully saturated rings. The number of benzene rings is 2. The number of para-hydroxylation sites is 1. The molecule has 0 saturated heterocycles. The number of nitrogens with one attached hydrogen (secondary N) is 2. The van der Waals surface area contributed by atoms with Gasteiger partial charge >= 0.3 is 0 Å². The molecule has 2 aromatic carbocycles. The summed E-state index contributed by atoms with van der Waals surface area (Å²) in [6.07, 6.45) is 1.34. The van der Waals surface area contributed by atoms with Crippen LogP contribution in [0, 0.1) is 13.8 Å². The Morgan fingerprint density at radius 2 is 1.61 bits per heavy atom. The third-order valence-electron chi connectivity index (χ3n) is 4.64. The monoisotopic (exact) mass is 445 g/mol. The standard InChI is InChI=1S/C23H31N3O4S/c1-7-21(26(31(6,29)30)18-13-16(4)12-17(5)14-18)23(28)25-20-11-9-8-10-19(20)22(27)24-15(2)3/h8-15,21H,7H2,1-6H3,(H,24,27)(H,25,28)/t21-/m0/s1. The maximum absolute atomic E-state index is 13.2. The average Bonchev–Trinajstić information content (AvgIpc) is 2.63. The van der Waals surface area contributed by atoms with Gasteiger partial charge < -0.3 is 10.6 Å². The Kier molecular flexibility index (Phi) is 7.84. The molecule has 168 valence electrons. The van der Waals surface area contributed by atoms with E-state index in [1.165, 1.54) is 0 Å². The first-order valence-electron chi connectivity index (χ1n) is 10.2. The van der Waals surface area contributed by atoms with E-state index in [1.54, 1.807) is 43.3 Å². The molecule has 0 unspecified atom stereocenters. The molecule has 2 amide bonds. The highest BCUT2D eigenvalue weighted by Crippen LogP contribution is 2.26. The van der Waals surface area contributed by atoms with Crippen molar-refractivity contribution in [2.75, 3.05) is 15.9 Å². The highest BCUT2D eigenvalue weighted by molar-refractivity contribution is 7.92. The Morgan fingerprint density at radius 1 is 1.03 bits per heavy atom. The van der Waals surface area contributed by atoms with Gasteiger partial charge in [-0.25, -0.2) is 8.42 Å². The molecule has 8 heteroatoms. The van der Waals surface area contributed by atoms with Gasteiger partial charge in [-0.1, -0.05) is 25.1 Å². The van der Waals surface area contributed by atoms with Crippen LogP contribution in [0.2, 0.25) is 0 Å². The molecule has 2 rings (SSSR count). The summed E-state index contributed by atoms with van der Waals surface area (Å²) in [7, 11) is -3.75. The summed E-state index contributed by atoms with van der Waals surface area (Å²) in [6.45, 7) is 9.20. The topological polar surface area (TPSA) is 95.6 Å². The molecule has 0 heterocycles. The average molecular weight is 446 g/mol. The first kappa shape index (κ1) is 24.4. The van der Waals surface area contributed by atoms with Crippen molar-refractivity contribution in [3.05, 3.63) is 59.2 Å². The Labute approximate surface area is 184 Å². The molecule has 0 bridgehead atoms. The van der Waals surface area contributed by atoms with Crippen molar-refractivity contribution in [2.45, 2.75) is 53.1 Å². The zero-order valence-electron chi connectivity index (χ0n) is 18.9. The van der Waals surface area contributed by atoms with Crippen LogP contribution in [-0.4, -0.2) is 38.6 Å². The van der Waals surface area contributed by atoms with Gasteiger partial charge in [0.15, 0.2) is 0 Å². The molecular weight excluding hydrogens is 414 g/mol. The number of rotatable bonds is 8. The Morgan fingerprint density at radius 3 is 2.13 bits per heavy atom. The molecule has 0 aromatic heterocycles. The fourth-order valence-corrected chi connectivity index (χ4v) is 4.68. The summed E-state index contributed by atoms with van der Waals surface area (Å²) in [5.74, 6) is -0.815. The minimum absolute atomic E-state index is 0.0649. The predicted octanol–water partition coefficient (Wildman–Crippen LogP) is 3.62. The van der Waals surface area contributed by atoms with E-state index in [9.17, 15) is 18.0 Å². The van der Waals surface area contributed by atoms with Gasteiger partial charge in [0.25, 0.3) is 5.91 Å². The maximum Gasteiger partial charge on any atom is 0.253 e. The van der Waals surface area contributed by atoms with Crippen LogP contribution in [0.25, 0.3) is 0 Å². The van der Waals surface area contributed by atoms with E-state index in [2.05, 4.69) is 10.6 Å². The van der Waals surface area contributed by atoms with Crippen LogP contribution in [0.4, 0.5) is 11.4 Å². The molecule has 0 aliphatic carbocycles. The minimum Gasteiger partial charge on any atom is -0.350 e. The molecule has 1 atom stereocenters. The summed E-state index contributed by atoms with van der Waals surface area (Å²) in [6, 6.07) is 11.0. The molecule has 0 radical (unpaired) electrons. The third-order valence-corrected chi connectivity index (χ3v) is 5.82. The molecule has 2 aromatic rings. The van der Waals surface area contributed by atoms with Gasteiger partial charge in [-0.15, -0.1) is 0 Å². The van der Waals surface area contributed by atoms with Gasteiger partial charge in [-0.05, 0) is 69.5 Å². The molecule has 7 nitrogen and oxygen atoms in total. The second-order valence-electron chi connectivity index (χ2n) is 7.99. The lowest BCUT2D eigenvalue weighted by molar-refractivity contribution is -0.117. The Bertz CT molecular complexity index is 1040. The quantitative estimate of drug-likeness (QED) is 0.649. The van der Waals surface area contributed by atoms with Gasteiger partial charge in [-0.3, -0.25) is 13.9 Å². The molecule has 0 aliphatic heterocycles. The number of hydrogen-bond acceptors (Lipinski definition) is 4. The van der Waals surface area contributed by atoms with Crippen molar-refractivity contribution in [2.24, 2.45) is 0 Å². The van der Waals surface area contributed by atoms with Crippen LogP contribution in [-0.2, 0) is 14.8 Å². The molecule has 0 spiro atoms. The summed E-state index contributed by atoms with van der Waals surface area (Å²) >= 11 is 0. The normalized spacial score (nSPS) is 12.4. The van der Waals surface area contributed by atoms with Gasteiger partial charge in [0, 0.05) is 6.04 Å². The van der Waals surface area contributed by atoms with Gasteiger partial charge in [0.1, 0.15) is 6.04 Å². The van der Waals surface area contributed by atoms with Crippen molar-refractivity contribution in [3.8, 4) is 0 Å². The Hall–Kier alpha value is -2.87. The predicted molar refractivity (Wildman–Crippen MR) is 125 cm³/mol. The SMILES string of the molecule is CC[C@@H](C(=O)Nc1ccccc1C(=O)NC(C)C)N(c1cc(C)cc(C)c1)S(C)(=O)=O. The van der Waals surface area contributed by atoms with Crippen LogP contribution in [0.1, 0.15) is 48.7 Å². The number of sulfonamides is 1. The number of carbonyl (C=O) groups excluding carboxylic acids is 2. The zero-order chi connectivity index (χ0) is 23.3. The summed E-state index contributed by atoms with van der Waals surface area (Å²) < 4.78 is 26.5. The second-order valence-corrected chi connectivity index (χ2v) is 9.85. The minimum atomic E-state index is -3.75. The fourth-order valence-electron chi connectivity index (χ4n) is 3.48. The van der Waals surface area contributed by atoms with Crippen LogP contribution < -0.4 is 14.9 Å². The third kappa shape index (κ3) is 6.30. The first-order chi connectivity index (χ1) is 14.4. The van der Waals surface area contributed by atoms with E-state index in [-0.39, 0.29) is 18.4 Å². The number of hydrogen-bond donors (Lipinski definition) is 2. The van der Waals surface area contributed by atoms with Crippen molar-refractivity contribution in [3.63, 3.8) is 0 Å². The Balaban J connectivity index is 2.43. The first-order valence-corrected chi connectivity index (χ1v) is 12.1. The van der Waals surface area contributed by atoms with E-state index < -0.39 is 22.0 Å². The summed E-state index contributed by atoms with van der Waals surface area (Å²) in [5, 5.41) is 5.57. The number of carbonyl (C=O) groups is 2. The van der Waals surface area contributed by atoms with Gasteiger partial charge in [0.05, 0.1) is 23.2 Å². The van der Waals surface area contributed by atoms with Crippen molar-refractivity contribution >= 4 is 33.2 Å². The van der Waals surface area contributed by atoms with E-state index in [0.717, 1.165) is 21.7 Å². The molecule has 0 saturated carbocycles. The van der Waals surface area contributed by atoms with E-state index in [4.69, 9.17) is 0 Å². The number of aryl methyl sites for hydroxylation is 2. The van der Waals surface area contributed by atoms with E-state index in [1.807, 2.05) is 33.8 Å². The lowest BCUT2D eigenvalue weighted by Gasteiger charge is -2.30. The summed E-state index contributed by atoms with van der Waals surface area (Å²) in [4.78, 5) is 25.7. The van der Waals surface area contributed by atoms with Crippen LogP contribution in [0.3, 0.4) is 0 Å². The number of anilines is 2. The van der Waals surface area contributed by atoms with Gasteiger partial charge in [-0.2, -0.15) is 0 Å². The second kappa shape index (κ2) is 9.96. The van der Waals surface area contributed by atoms with E-state index in [0.29, 0.717) is 16.9 Å². The zero-order valence-corrected chi connectivity index (χ0v) is 19.7. The lowest BCUT2D eigenvalue weighted by atomic mass is 10.1. The fraction of sp³-hybridized carbons (Fsp3) is 0.391. The van der Waals surface area contributed by atoms with Crippen molar-refractivity contribution in [1.29, 1.82) is 0 Å². The summed E-state index contributed by atoms with van der Waals surface area (Å²) in [5.41, 5.74) is 2.88. The largest absolute Gasteiger partial charge is 0.350 e. The van der Waals surface area contributed by atoms with Crippen LogP contribution in [0.15, 0.2) is 42.5 Å². The molecule has 0 aliphatic rings.